The zero-order chi connectivity index (χ0) is 15.0. The normalized spacial score (nSPS) is 12.6. The van der Waals surface area contributed by atoms with Gasteiger partial charge in [0.05, 0.1) is 0 Å². The number of aryl methyl sites for hydroxylation is 1. The lowest BCUT2D eigenvalue weighted by molar-refractivity contribution is 0.213. The van der Waals surface area contributed by atoms with E-state index in [-0.39, 0.29) is 11.1 Å². The summed E-state index contributed by atoms with van der Waals surface area (Å²) >= 11 is 0. The van der Waals surface area contributed by atoms with Crippen LogP contribution in [0, 0.1) is 18.6 Å². The quantitative estimate of drug-likeness (QED) is 0.734. The maximum atomic E-state index is 14.0. The van der Waals surface area contributed by atoms with Crippen molar-refractivity contribution in [2.75, 3.05) is 0 Å². The van der Waals surface area contributed by atoms with Crippen LogP contribution in [0.2, 0.25) is 0 Å². The van der Waals surface area contributed by atoms with Crippen LogP contribution in [0.15, 0.2) is 54.6 Å². The predicted molar refractivity (Wildman–Crippen MR) is 79.1 cm³/mol. The molecule has 1 atom stereocenters. The molecule has 0 aliphatic rings. The average Bonchev–Trinajstić information content (AvgIpc) is 2.52. The van der Waals surface area contributed by atoms with Crippen molar-refractivity contribution in [2.45, 2.75) is 13.0 Å². The van der Waals surface area contributed by atoms with Crippen LogP contribution < -0.4 is 0 Å². The van der Waals surface area contributed by atoms with Gasteiger partial charge in [0.15, 0.2) is 11.6 Å². The number of fused-ring (bicyclic) bond motifs is 1. The smallest absolute Gasteiger partial charge is 0.165 e. The number of rotatable bonds is 2. The molecule has 0 fully saturated rings. The molecule has 0 spiro atoms. The lowest BCUT2D eigenvalue weighted by Crippen LogP contribution is -2.05. The fourth-order valence-electron chi connectivity index (χ4n) is 2.43. The van der Waals surface area contributed by atoms with E-state index in [1.807, 2.05) is 30.3 Å². The lowest BCUT2D eigenvalue weighted by atomic mass is 9.97. The topological polar surface area (TPSA) is 20.2 Å². The van der Waals surface area contributed by atoms with Crippen molar-refractivity contribution in [3.05, 3.63) is 82.9 Å². The number of benzene rings is 3. The van der Waals surface area contributed by atoms with Crippen LogP contribution in [-0.2, 0) is 0 Å². The molecule has 3 rings (SSSR count). The molecular weight excluding hydrogens is 270 g/mol. The largest absolute Gasteiger partial charge is 0.384 e. The van der Waals surface area contributed by atoms with Gasteiger partial charge in [-0.05, 0) is 34.9 Å². The highest BCUT2D eigenvalue weighted by molar-refractivity contribution is 5.83. The molecule has 0 saturated heterocycles. The third-order valence-electron chi connectivity index (χ3n) is 3.69. The maximum Gasteiger partial charge on any atom is 0.165 e. The summed E-state index contributed by atoms with van der Waals surface area (Å²) < 4.78 is 27.6. The minimum Gasteiger partial charge on any atom is -0.384 e. The van der Waals surface area contributed by atoms with Gasteiger partial charge in [-0.3, -0.25) is 0 Å². The SMILES string of the molecule is Cc1ccc(C(O)c2ccc3ccccc3c2)c(F)c1F. The van der Waals surface area contributed by atoms with Crippen molar-refractivity contribution in [2.24, 2.45) is 0 Å². The fraction of sp³-hybridized carbons (Fsp3) is 0.111. The fourth-order valence-corrected chi connectivity index (χ4v) is 2.43. The van der Waals surface area contributed by atoms with Gasteiger partial charge in [-0.15, -0.1) is 0 Å². The van der Waals surface area contributed by atoms with Crippen molar-refractivity contribution >= 4 is 10.8 Å². The van der Waals surface area contributed by atoms with E-state index >= 15 is 0 Å². The Morgan fingerprint density at radius 3 is 2.33 bits per heavy atom. The van der Waals surface area contributed by atoms with E-state index in [1.165, 1.54) is 19.1 Å². The molecule has 1 unspecified atom stereocenters. The summed E-state index contributed by atoms with van der Waals surface area (Å²) in [7, 11) is 0. The molecule has 0 heterocycles. The zero-order valence-corrected chi connectivity index (χ0v) is 11.5. The standard InChI is InChI=1S/C18H14F2O/c1-11-6-9-15(17(20)16(11)19)18(21)14-8-7-12-4-2-3-5-13(12)10-14/h2-10,18,21H,1H3. The van der Waals surface area contributed by atoms with E-state index in [4.69, 9.17) is 0 Å². The van der Waals surface area contributed by atoms with E-state index in [1.54, 1.807) is 12.1 Å². The maximum absolute atomic E-state index is 14.0. The first kappa shape index (κ1) is 13.7. The molecule has 3 aromatic rings. The molecule has 21 heavy (non-hydrogen) atoms. The summed E-state index contributed by atoms with van der Waals surface area (Å²) in [6.45, 7) is 1.49. The number of hydrogen-bond donors (Lipinski definition) is 1. The Bertz CT molecular complexity index is 811. The Morgan fingerprint density at radius 1 is 0.857 bits per heavy atom. The Kier molecular flexibility index (Phi) is 3.43. The van der Waals surface area contributed by atoms with Gasteiger partial charge in [-0.25, -0.2) is 8.78 Å². The van der Waals surface area contributed by atoms with Crippen LogP contribution in [0.3, 0.4) is 0 Å². The van der Waals surface area contributed by atoms with E-state index in [9.17, 15) is 13.9 Å². The molecule has 0 aliphatic carbocycles. The van der Waals surface area contributed by atoms with E-state index in [2.05, 4.69) is 0 Å². The minimum atomic E-state index is -1.19. The van der Waals surface area contributed by atoms with Crippen LogP contribution >= 0.6 is 0 Å². The highest BCUT2D eigenvalue weighted by Crippen LogP contribution is 2.28. The molecule has 1 N–H and O–H groups in total. The first-order valence-electron chi connectivity index (χ1n) is 6.69. The molecular formula is C18H14F2O. The molecule has 0 radical (unpaired) electrons. The number of aliphatic hydroxyl groups excluding tert-OH is 1. The Morgan fingerprint density at radius 2 is 1.57 bits per heavy atom. The zero-order valence-electron chi connectivity index (χ0n) is 11.5. The third kappa shape index (κ3) is 2.41. The molecule has 3 aromatic carbocycles. The van der Waals surface area contributed by atoms with Gasteiger partial charge in [0.2, 0.25) is 0 Å². The number of hydrogen-bond acceptors (Lipinski definition) is 1. The van der Waals surface area contributed by atoms with E-state index in [0.717, 1.165) is 10.8 Å². The molecule has 0 saturated carbocycles. The first-order valence-corrected chi connectivity index (χ1v) is 6.69. The molecule has 0 aromatic heterocycles. The van der Waals surface area contributed by atoms with Crippen LogP contribution in [0.25, 0.3) is 10.8 Å². The molecule has 106 valence electrons. The predicted octanol–water partition coefficient (Wildman–Crippen LogP) is 4.51. The van der Waals surface area contributed by atoms with Gasteiger partial charge in [-0.2, -0.15) is 0 Å². The summed E-state index contributed by atoms with van der Waals surface area (Å²) in [6, 6.07) is 16.0. The Hall–Kier alpha value is -2.26. The molecule has 0 bridgehead atoms. The van der Waals surface area contributed by atoms with Gasteiger partial charge < -0.3 is 5.11 Å². The second-order valence-corrected chi connectivity index (χ2v) is 5.11. The van der Waals surface area contributed by atoms with Crippen molar-refractivity contribution in [1.29, 1.82) is 0 Å². The molecule has 1 nitrogen and oxygen atoms in total. The van der Waals surface area contributed by atoms with E-state index in [0.29, 0.717) is 5.56 Å². The number of aliphatic hydroxyl groups is 1. The Balaban J connectivity index is 2.08. The van der Waals surface area contributed by atoms with Crippen molar-refractivity contribution < 1.29 is 13.9 Å². The highest BCUT2D eigenvalue weighted by atomic mass is 19.2. The van der Waals surface area contributed by atoms with Gasteiger partial charge >= 0.3 is 0 Å². The minimum absolute atomic E-state index is 0.0478. The lowest BCUT2D eigenvalue weighted by Gasteiger charge is -2.14. The first-order chi connectivity index (χ1) is 10.1. The van der Waals surface area contributed by atoms with E-state index < -0.39 is 17.7 Å². The summed E-state index contributed by atoms with van der Waals surface area (Å²) in [5.41, 5.74) is 0.714. The summed E-state index contributed by atoms with van der Waals surface area (Å²) in [5, 5.41) is 12.3. The van der Waals surface area contributed by atoms with Crippen LogP contribution in [0.4, 0.5) is 8.78 Å². The van der Waals surface area contributed by atoms with Crippen LogP contribution in [0.5, 0.6) is 0 Å². The van der Waals surface area contributed by atoms with Crippen molar-refractivity contribution in [3.8, 4) is 0 Å². The highest BCUT2D eigenvalue weighted by Gasteiger charge is 2.19. The summed E-state index contributed by atoms with van der Waals surface area (Å²) in [6.07, 6.45) is -1.19. The molecule has 0 amide bonds. The summed E-state index contributed by atoms with van der Waals surface area (Å²) in [5.74, 6) is -1.90. The second kappa shape index (κ2) is 5.26. The van der Waals surface area contributed by atoms with Crippen molar-refractivity contribution in [1.82, 2.24) is 0 Å². The van der Waals surface area contributed by atoms with Crippen molar-refractivity contribution in [3.63, 3.8) is 0 Å². The summed E-state index contributed by atoms with van der Waals surface area (Å²) in [4.78, 5) is 0. The molecule has 0 aliphatic heterocycles. The average molecular weight is 284 g/mol. The Labute approximate surface area is 121 Å². The van der Waals surface area contributed by atoms with Gasteiger partial charge in [0.1, 0.15) is 6.10 Å². The third-order valence-corrected chi connectivity index (χ3v) is 3.69. The molecule has 3 heteroatoms. The number of halogens is 2. The second-order valence-electron chi connectivity index (χ2n) is 5.11. The van der Waals surface area contributed by atoms with Gasteiger partial charge in [0.25, 0.3) is 0 Å². The monoisotopic (exact) mass is 284 g/mol. The van der Waals surface area contributed by atoms with Gasteiger partial charge in [-0.1, -0.05) is 48.5 Å². The van der Waals surface area contributed by atoms with Crippen LogP contribution in [-0.4, -0.2) is 5.11 Å². The van der Waals surface area contributed by atoms with Gasteiger partial charge in [0, 0.05) is 5.56 Å². The van der Waals surface area contributed by atoms with Crippen LogP contribution in [0.1, 0.15) is 22.8 Å².